The highest BCUT2D eigenvalue weighted by atomic mass is 15.2. The number of rotatable bonds is 4. The Morgan fingerprint density at radius 2 is 1.46 bits per heavy atom. The van der Waals surface area contributed by atoms with E-state index in [1.807, 2.05) is 6.07 Å². The largest absolute Gasteiger partial charge is 0.357 e. The second kappa shape index (κ2) is 10.6. The molecule has 0 radical (unpaired) electrons. The van der Waals surface area contributed by atoms with Crippen molar-refractivity contribution in [3.63, 3.8) is 0 Å². The summed E-state index contributed by atoms with van der Waals surface area (Å²) in [4.78, 5) is 2.57. The Kier molecular flexibility index (Phi) is 6.14. The van der Waals surface area contributed by atoms with Gasteiger partial charge in [-0.3, -0.25) is 0 Å². The fourth-order valence-corrected chi connectivity index (χ4v) is 7.74. The molecule has 6 aromatic rings. The minimum absolute atomic E-state index is 0.208. The van der Waals surface area contributed by atoms with Crippen LogP contribution in [0.2, 0.25) is 0 Å². The zero-order valence-electron chi connectivity index (χ0n) is 25.3. The molecule has 3 aliphatic rings. The van der Waals surface area contributed by atoms with Crippen LogP contribution < -0.4 is 4.90 Å². The number of hydrogen-bond donors (Lipinski definition) is 0. The Bertz CT molecular complexity index is 2330. The van der Waals surface area contributed by atoms with E-state index < -0.39 is 0 Å². The van der Waals surface area contributed by atoms with Gasteiger partial charge in [-0.05, 0) is 89.2 Å². The Balaban J connectivity index is 1.14. The molecule has 2 heterocycles. The molecule has 9 rings (SSSR count). The van der Waals surface area contributed by atoms with E-state index >= 15 is 0 Å². The molecule has 2 unspecified atom stereocenters. The lowest BCUT2D eigenvalue weighted by molar-refractivity contribution is 0.643. The van der Waals surface area contributed by atoms with Crippen LogP contribution in [0.1, 0.15) is 35.1 Å². The third-order valence-electron chi connectivity index (χ3n) is 9.81. The van der Waals surface area contributed by atoms with Crippen LogP contribution in [0.5, 0.6) is 0 Å². The van der Waals surface area contributed by atoms with Crippen LogP contribution in [0.25, 0.3) is 44.2 Å². The Morgan fingerprint density at radius 3 is 2.30 bits per heavy atom. The van der Waals surface area contributed by atoms with E-state index in [0.29, 0.717) is 5.56 Å². The normalized spacial score (nSPS) is 18.5. The summed E-state index contributed by atoms with van der Waals surface area (Å²) in [6.45, 7) is 0. The molecule has 1 aliphatic heterocycles. The molecule has 0 saturated carbocycles. The Hall–Kier alpha value is -5.85. The summed E-state index contributed by atoms with van der Waals surface area (Å²) >= 11 is 0. The van der Waals surface area contributed by atoms with Crippen molar-refractivity contribution < 1.29 is 0 Å². The zero-order valence-corrected chi connectivity index (χ0v) is 25.3. The standard InChI is InChI=1S/C43H31N3/c44-28-29-18-21-37-39-27-33(20-23-42(39)46(43(37)24-29)35-15-9-12-31(25-35)30-10-3-1-4-11-30)32-19-22-41-38(26-32)36-16-7-8-17-40(36)45(41)34-13-5-2-6-14-34/h1-14,16-22,24-27,35,42H,15,23H2. The summed E-state index contributed by atoms with van der Waals surface area (Å²) in [5.74, 6) is 0. The summed E-state index contributed by atoms with van der Waals surface area (Å²) in [5, 5.41) is 12.3. The highest BCUT2D eigenvalue weighted by Crippen LogP contribution is 2.48. The van der Waals surface area contributed by atoms with Gasteiger partial charge in [0.25, 0.3) is 0 Å². The fraction of sp³-hybridized carbons (Fsp3) is 0.0930. The number of nitriles is 1. The maximum atomic E-state index is 9.82. The van der Waals surface area contributed by atoms with Crippen molar-refractivity contribution in [1.82, 2.24) is 4.57 Å². The van der Waals surface area contributed by atoms with Crippen molar-refractivity contribution in [2.45, 2.75) is 24.9 Å². The van der Waals surface area contributed by atoms with Gasteiger partial charge in [0.05, 0.1) is 34.7 Å². The van der Waals surface area contributed by atoms with Crippen molar-refractivity contribution in [2.75, 3.05) is 4.90 Å². The number of fused-ring (bicyclic) bond motifs is 6. The highest BCUT2D eigenvalue weighted by molar-refractivity contribution is 6.10. The van der Waals surface area contributed by atoms with E-state index in [-0.39, 0.29) is 12.1 Å². The van der Waals surface area contributed by atoms with Crippen LogP contribution in [0.4, 0.5) is 5.69 Å². The molecule has 218 valence electrons. The van der Waals surface area contributed by atoms with E-state index in [2.05, 4.69) is 161 Å². The first-order chi connectivity index (χ1) is 22.8. The lowest BCUT2D eigenvalue weighted by Gasteiger charge is -2.36. The summed E-state index contributed by atoms with van der Waals surface area (Å²) in [6.07, 6.45) is 13.6. The van der Waals surface area contributed by atoms with E-state index in [4.69, 9.17) is 0 Å². The molecule has 0 spiro atoms. The predicted octanol–water partition coefficient (Wildman–Crippen LogP) is 10.1. The number of benzene rings is 5. The molecule has 2 aliphatic carbocycles. The van der Waals surface area contributed by atoms with Crippen molar-refractivity contribution in [2.24, 2.45) is 0 Å². The van der Waals surface area contributed by atoms with Crippen LogP contribution >= 0.6 is 0 Å². The molecule has 46 heavy (non-hydrogen) atoms. The number of para-hydroxylation sites is 2. The highest BCUT2D eigenvalue weighted by Gasteiger charge is 2.38. The van der Waals surface area contributed by atoms with Gasteiger partial charge in [-0.2, -0.15) is 5.26 Å². The number of allylic oxidation sites excluding steroid dienone is 4. The van der Waals surface area contributed by atoms with Crippen molar-refractivity contribution >= 4 is 44.2 Å². The van der Waals surface area contributed by atoms with Crippen molar-refractivity contribution in [3.8, 4) is 11.8 Å². The smallest absolute Gasteiger partial charge is 0.0992 e. The predicted molar refractivity (Wildman–Crippen MR) is 191 cm³/mol. The molecule has 2 atom stereocenters. The van der Waals surface area contributed by atoms with Gasteiger partial charge in [-0.25, -0.2) is 0 Å². The summed E-state index contributed by atoms with van der Waals surface area (Å²) < 4.78 is 2.37. The monoisotopic (exact) mass is 589 g/mol. The van der Waals surface area contributed by atoms with Crippen molar-refractivity contribution in [3.05, 3.63) is 174 Å². The van der Waals surface area contributed by atoms with Gasteiger partial charge in [0.15, 0.2) is 0 Å². The van der Waals surface area contributed by atoms with E-state index in [9.17, 15) is 5.26 Å². The maximum Gasteiger partial charge on any atom is 0.0992 e. The van der Waals surface area contributed by atoms with Gasteiger partial charge in [-0.15, -0.1) is 0 Å². The Labute approximate surface area is 269 Å². The average Bonchev–Trinajstić information content (AvgIpc) is 3.64. The summed E-state index contributed by atoms with van der Waals surface area (Å²) in [7, 11) is 0. The molecule has 0 amide bonds. The van der Waals surface area contributed by atoms with E-state index in [0.717, 1.165) is 18.5 Å². The summed E-state index contributed by atoms with van der Waals surface area (Å²) in [5.41, 5.74) is 13.0. The van der Waals surface area contributed by atoms with Gasteiger partial charge in [0, 0.05) is 27.7 Å². The zero-order chi connectivity index (χ0) is 30.6. The minimum Gasteiger partial charge on any atom is -0.357 e. The van der Waals surface area contributed by atoms with Gasteiger partial charge in [-0.1, -0.05) is 103 Å². The maximum absolute atomic E-state index is 9.82. The lowest BCUT2D eigenvalue weighted by atomic mass is 9.88. The summed E-state index contributed by atoms with van der Waals surface area (Å²) in [6, 6.07) is 45.9. The van der Waals surface area contributed by atoms with Crippen molar-refractivity contribution in [1.29, 1.82) is 5.26 Å². The van der Waals surface area contributed by atoms with Crippen LogP contribution in [0.15, 0.2) is 152 Å². The molecule has 0 bridgehead atoms. The third kappa shape index (κ3) is 4.19. The number of nitrogens with zero attached hydrogens (tertiary/aromatic N) is 3. The number of anilines is 1. The topological polar surface area (TPSA) is 32.0 Å². The molecular formula is C43H31N3. The molecule has 0 fully saturated rings. The van der Waals surface area contributed by atoms with E-state index in [1.54, 1.807) is 0 Å². The SMILES string of the molecule is N#Cc1ccc2c(c1)N(C1C=C(c3ccccc3)C=CC1)C1CC=C(c3ccc4c(c3)c3ccccc3n4-c3ccccc3)C=C21. The first-order valence-corrected chi connectivity index (χ1v) is 16.0. The van der Waals surface area contributed by atoms with Crippen LogP contribution in [0.3, 0.4) is 0 Å². The minimum atomic E-state index is 0.208. The van der Waals surface area contributed by atoms with Gasteiger partial charge < -0.3 is 9.47 Å². The molecule has 0 saturated heterocycles. The molecular weight excluding hydrogens is 558 g/mol. The third-order valence-corrected chi connectivity index (χ3v) is 9.81. The van der Waals surface area contributed by atoms with Crippen LogP contribution in [-0.2, 0) is 0 Å². The Morgan fingerprint density at radius 1 is 0.674 bits per heavy atom. The first kappa shape index (κ1) is 26.5. The molecule has 3 heteroatoms. The fourth-order valence-electron chi connectivity index (χ4n) is 7.74. The van der Waals surface area contributed by atoms with Gasteiger partial charge >= 0.3 is 0 Å². The second-order valence-corrected chi connectivity index (χ2v) is 12.4. The first-order valence-electron chi connectivity index (χ1n) is 16.0. The lowest BCUT2D eigenvalue weighted by Crippen LogP contribution is -2.40. The molecule has 5 aromatic carbocycles. The second-order valence-electron chi connectivity index (χ2n) is 12.4. The quantitative estimate of drug-likeness (QED) is 0.205. The molecule has 1 aromatic heterocycles. The van der Waals surface area contributed by atoms with Crippen LogP contribution in [-0.4, -0.2) is 16.7 Å². The van der Waals surface area contributed by atoms with Crippen LogP contribution in [0, 0.1) is 11.3 Å². The van der Waals surface area contributed by atoms with Gasteiger partial charge in [0.1, 0.15) is 0 Å². The average molecular weight is 590 g/mol. The van der Waals surface area contributed by atoms with E-state index in [1.165, 1.54) is 60.9 Å². The molecule has 3 nitrogen and oxygen atoms in total. The van der Waals surface area contributed by atoms with Gasteiger partial charge in [0.2, 0.25) is 0 Å². The number of aromatic nitrogens is 1. The number of hydrogen-bond acceptors (Lipinski definition) is 2. The molecule has 0 N–H and O–H groups in total.